The number of aromatic amines is 1. The van der Waals surface area contributed by atoms with Gasteiger partial charge in [0.25, 0.3) is 5.91 Å². The molecule has 4 aromatic rings. The number of nitrogens with one attached hydrogen (secondary N) is 4. The van der Waals surface area contributed by atoms with Gasteiger partial charge in [-0.15, -0.1) is 0 Å². The molecule has 3 aromatic carbocycles. The van der Waals surface area contributed by atoms with Gasteiger partial charge in [-0.3, -0.25) is 4.79 Å². The lowest BCUT2D eigenvalue weighted by atomic mass is 10.1. The van der Waals surface area contributed by atoms with Crippen LogP contribution in [0.1, 0.15) is 11.3 Å². The summed E-state index contributed by atoms with van der Waals surface area (Å²) in [5.74, 6) is -0.264. The number of hydrogen-bond acceptors (Lipinski definition) is 3. The van der Waals surface area contributed by atoms with Gasteiger partial charge in [-0.05, 0) is 60.7 Å². The molecular weight excluding hydrogens is 483 g/mol. The van der Waals surface area contributed by atoms with Gasteiger partial charge in [-0.25, -0.2) is 9.79 Å². The van der Waals surface area contributed by atoms with E-state index in [1.807, 2.05) is 24.3 Å². The summed E-state index contributed by atoms with van der Waals surface area (Å²) in [6.07, 6.45) is -2.24. The van der Waals surface area contributed by atoms with Gasteiger partial charge in [0.15, 0.2) is 0 Å². The normalized spacial score (nSPS) is 12.6. The van der Waals surface area contributed by atoms with Crippen LogP contribution in [0.5, 0.6) is 0 Å². The van der Waals surface area contributed by atoms with E-state index in [1.54, 1.807) is 36.5 Å². The maximum absolute atomic E-state index is 12.9. The zero-order chi connectivity index (χ0) is 26.0. The maximum atomic E-state index is 12.9. The molecule has 0 aliphatic carbocycles. The van der Waals surface area contributed by atoms with Crippen LogP contribution in [0.4, 0.5) is 40.7 Å². The monoisotopic (exact) mass is 503 g/mol. The third-order valence-electron chi connectivity index (χ3n) is 5.69. The molecule has 7 nitrogen and oxygen atoms in total. The van der Waals surface area contributed by atoms with Gasteiger partial charge >= 0.3 is 12.2 Å². The molecule has 4 N–H and O–H groups in total. The average molecular weight is 503 g/mol. The molecule has 0 bridgehead atoms. The Kier molecular flexibility index (Phi) is 6.22. The Bertz CT molecular complexity index is 1610. The second-order valence-corrected chi connectivity index (χ2v) is 8.36. The van der Waals surface area contributed by atoms with Gasteiger partial charge in [0.05, 0.1) is 10.9 Å². The number of nitrogens with zero attached hydrogens (tertiary/aromatic N) is 1. The molecule has 1 aliphatic rings. The summed E-state index contributed by atoms with van der Waals surface area (Å²) in [5, 5.41) is 9.59. The predicted molar refractivity (Wildman–Crippen MR) is 134 cm³/mol. The number of carbonyl (C=O) groups is 2. The number of alkyl halides is 3. The Labute approximate surface area is 208 Å². The molecule has 0 atom stereocenters. The van der Waals surface area contributed by atoms with Crippen molar-refractivity contribution in [1.29, 1.82) is 0 Å². The van der Waals surface area contributed by atoms with Crippen molar-refractivity contribution in [2.24, 2.45) is 4.99 Å². The number of anilines is 4. The van der Waals surface area contributed by atoms with Crippen molar-refractivity contribution in [2.75, 3.05) is 16.0 Å². The van der Waals surface area contributed by atoms with Crippen LogP contribution in [0.15, 0.2) is 90.1 Å². The molecule has 0 unspecified atom stereocenters. The highest BCUT2D eigenvalue weighted by Gasteiger charge is 2.30. The number of hydrogen-bond donors (Lipinski definition) is 4. The minimum Gasteiger partial charge on any atom is -0.365 e. The standard InChI is InChI=1S/C27H20F3N5O2/c28-27(29,30)16-4-1-5-18(12-16)33-26(37)34-20-7-2-6-19(13-20)32-21-9-10-22-23(14-17-8-3-11-31-17)25(36)35-24(22)15-21/h1-13,15,31-32H,14H2,(H2,33,34,37). The number of aromatic nitrogens is 1. The first-order valence-electron chi connectivity index (χ1n) is 11.3. The molecule has 1 aliphatic heterocycles. The third-order valence-corrected chi connectivity index (χ3v) is 5.69. The third kappa shape index (κ3) is 5.53. The molecule has 5 rings (SSSR count). The molecule has 1 aromatic heterocycles. The minimum atomic E-state index is -4.51. The fourth-order valence-electron chi connectivity index (χ4n) is 4.00. The molecule has 0 fully saturated rings. The van der Waals surface area contributed by atoms with Crippen LogP contribution in [0.25, 0.3) is 5.57 Å². The summed E-state index contributed by atoms with van der Waals surface area (Å²) in [6.45, 7) is 0. The lowest BCUT2D eigenvalue weighted by Crippen LogP contribution is -2.23. The molecule has 3 amide bonds. The van der Waals surface area contributed by atoms with Gasteiger partial charge in [-0.1, -0.05) is 18.2 Å². The Morgan fingerprint density at radius 1 is 0.838 bits per heavy atom. The first-order chi connectivity index (χ1) is 17.7. The quantitative estimate of drug-likeness (QED) is 0.299. The van der Waals surface area contributed by atoms with Crippen LogP contribution < -0.4 is 26.5 Å². The van der Waals surface area contributed by atoms with Crippen LogP contribution in [0, 0.1) is 0 Å². The van der Waals surface area contributed by atoms with Crippen molar-refractivity contribution in [3.05, 3.63) is 107 Å². The second kappa shape index (κ2) is 9.65. The Morgan fingerprint density at radius 2 is 1.54 bits per heavy atom. The lowest BCUT2D eigenvalue weighted by molar-refractivity contribution is -0.137. The minimum absolute atomic E-state index is 0.0190. The molecule has 0 saturated heterocycles. The van der Waals surface area contributed by atoms with Crippen LogP contribution in [0.3, 0.4) is 0 Å². The van der Waals surface area contributed by atoms with E-state index in [0.717, 1.165) is 23.0 Å². The van der Waals surface area contributed by atoms with E-state index < -0.39 is 17.8 Å². The topological polar surface area (TPSA) is 98.4 Å². The highest BCUT2D eigenvalue weighted by atomic mass is 19.4. The largest absolute Gasteiger partial charge is 0.416 e. The highest BCUT2D eigenvalue weighted by Crippen LogP contribution is 2.30. The van der Waals surface area contributed by atoms with E-state index in [-0.39, 0.29) is 11.6 Å². The zero-order valence-electron chi connectivity index (χ0n) is 19.2. The van der Waals surface area contributed by atoms with Crippen molar-refractivity contribution in [1.82, 2.24) is 4.98 Å². The van der Waals surface area contributed by atoms with Gasteiger partial charge in [0.2, 0.25) is 0 Å². The van der Waals surface area contributed by atoms with Crippen molar-refractivity contribution in [3.8, 4) is 0 Å². The van der Waals surface area contributed by atoms with Gasteiger partial charge in [0, 0.05) is 51.9 Å². The van der Waals surface area contributed by atoms with E-state index in [1.165, 1.54) is 12.1 Å². The lowest BCUT2D eigenvalue weighted by Gasteiger charge is -2.12. The predicted octanol–water partition coefficient (Wildman–Crippen LogP) is 4.97. The molecule has 186 valence electrons. The van der Waals surface area contributed by atoms with E-state index in [2.05, 4.69) is 25.9 Å². The summed E-state index contributed by atoms with van der Waals surface area (Å²) in [5.41, 5.74) is 2.49. The van der Waals surface area contributed by atoms with Crippen molar-refractivity contribution in [3.63, 3.8) is 0 Å². The van der Waals surface area contributed by atoms with Gasteiger partial charge in [0.1, 0.15) is 0 Å². The number of fused-ring (bicyclic) bond motifs is 1. The van der Waals surface area contributed by atoms with Gasteiger partial charge in [-0.2, -0.15) is 13.2 Å². The number of H-pyrrole nitrogens is 1. The summed E-state index contributed by atoms with van der Waals surface area (Å²) in [6, 6.07) is 19.8. The number of rotatable bonds is 6. The molecule has 0 saturated carbocycles. The highest BCUT2D eigenvalue weighted by molar-refractivity contribution is 6.15. The zero-order valence-corrected chi connectivity index (χ0v) is 19.2. The van der Waals surface area contributed by atoms with E-state index in [0.29, 0.717) is 34.4 Å². The van der Waals surface area contributed by atoms with E-state index in [4.69, 9.17) is 0 Å². The Morgan fingerprint density at radius 3 is 2.27 bits per heavy atom. The molecule has 37 heavy (non-hydrogen) atoms. The summed E-state index contributed by atoms with van der Waals surface area (Å²) in [4.78, 5) is 32.0. The van der Waals surface area contributed by atoms with Crippen molar-refractivity contribution >= 4 is 40.3 Å². The summed E-state index contributed by atoms with van der Waals surface area (Å²) in [7, 11) is 0. The number of halogens is 3. The molecular formula is C27H20F3N5O2. The average Bonchev–Trinajstić information content (AvgIpc) is 3.46. The SMILES string of the molecule is O=C(Nc1cccc(Nc2ccc3c(c2)=NC(=O)C=3Cc2ccc[nH]2)c1)Nc1cccc(C(F)(F)F)c1. The number of amides is 3. The Hall–Kier alpha value is -4.86. The number of benzene rings is 3. The molecule has 2 heterocycles. The summed E-state index contributed by atoms with van der Waals surface area (Å²) >= 11 is 0. The van der Waals surface area contributed by atoms with Crippen molar-refractivity contribution in [2.45, 2.75) is 12.6 Å². The molecule has 0 spiro atoms. The fraction of sp³-hybridized carbons (Fsp3) is 0.0741. The second-order valence-electron chi connectivity index (χ2n) is 8.36. The van der Waals surface area contributed by atoms with Gasteiger partial charge < -0.3 is 20.9 Å². The summed E-state index contributed by atoms with van der Waals surface area (Å²) < 4.78 is 38.7. The van der Waals surface area contributed by atoms with Crippen LogP contribution in [-0.2, 0) is 17.4 Å². The number of carbonyl (C=O) groups excluding carboxylic acids is 2. The molecule has 10 heteroatoms. The maximum Gasteiger partial charge on any atom is 0.416 e. The smallest absolute Gasteiger partial charge is 0.365 e. The van der Waals surface area contributed by atoms with E-state index >= 15 is 0 Å². The fourth-order valence-corrected chi connectivity index (χ4v) is 4.00. The van der Waals surface area contributed by atoms with Crippen LogP contribution >= 0.6 is 0 Å². The number of urea groups is 1. The first-order valence-corrected chi connectivity index (χ1v) is 11.3. The Balaban J connectivity index is 1.28. The van der Waals surface area contributed by atoms with Crippen molar-refractivity contribution < 1.29 is 22.8 Å². The molecule has 0 radical (unpaired) electrons. The van der Waals surface area contributed by atoms with Crippen LogP contribution in [-0.4, -0.2) is 16.9 Å². The first kappa shape index (κ1) is 23.9. The van der Waals surface area contributed by atoms with Crippen LogP contribution in [0.2, 0.25) is 0 Å². The van der Waals surface area contributed by atoms with E-state index in [9.17, 15) is 22.8 Å².